The molecule has 0 radical (unpaired) electrons. The Labute approximate surface area is 118 Å². The topological polar surface area (TPSA) is 55.8 Å². The van der Waals surface area contributed by atoms with Gasteiger partial charge in [0.15, 0.2) is 11.5 Å². The number of carbonyl (C=O) groups is 1. The molecule has 1 heterocycles. The molecule has 1 aromatic carbocycles. The first-order valence-corrected chi connectivity index (χ1v) is 7.28. The molecular weight excluding hydrogens is 256 g/mol. The molecule has 0 spiro atoms. The molecule has 1 saturated carbocycles. The summed E-state index contributed by atoms with van der Waals surface area (Å²) in [5.41, 5.74) is 1.01. The first-order valence-electron chi connectivity index (χ1n) is 7.28. The molecule has 1 aliphatic heterocycles. The minimum Gasteiger partial charge on any atom is -0.486 e. The highest BCUT2D eigenvalue weighted by atomic mass is 16.6. The lowest BCUT2D eigenvalue weighted by atomic mass is 9.68. The van der Waals surface area contributed by atoms with Crippen LogP contribution in [0.4, 0.5) is 0 Å². The van der Waals surface area contributed by atoms with E-state index >= 15 is 0 Å². The van der Waals surface area contributed by atoms with Crippen LogP contribution < -0.4 is 9.47 Å². The Morgan fingerprint density at radius 2 is 1.85 bits per heavy atom. The second-order valence-electron chi connectivity index (χ2n) is 5.73. The quantitative estimate of drug-likeness (QED) is 0.902. The third-order valence-electron chi connectivity index (χ3n) is 4.51. The zero-order chi connectivity index (χ0) is 14.2. The lowest BCUT2D eigenvalue weighted by molar-refractivity contribution is -0.145. The summed E-state index contributed by atoms with van der Waals surface area (Å²) in [6.45, 7) is 2.97. The zero-order valence-corrected chi connectivity index (χ0v) is 11.8. The van der Waals surface area contributed by atoms with Gasteiger partial charge in [0.2, 0.25) is 0 Å². The lowest BCUT2D eigenvalue weighted by Gasteiger charge is -2.37. The van der Waals surface area contributed by atoms with Crippen LogP contribution in [0.15, 0.2) is 12.1 Å². The highest BCUT2D eigenvalue weighted by Gasteiger charge is 2.45. The number of aliphatic carboxylic acids is 1. The maximum Gasteiger partial charge on any atom is 0.314 e. The maximum absolute atomic E-state index is 12.0. The highest BCUT2D eigenvalue weighted by molar-refractivity contribution is 5.84. The van der Waals surface area contributed by atoms with Gasteiger partial charge in [-0.3, -0.25) is 4.79 Å². The van der Waals surface area contributed by atoms with E-state index in [0.29, 0.717) is 37.6 Å². The first kappa shape index (κ1) is 13.3. The third-order valence-corrected chi connectivity index (χ3v) is 4.51. The fraction of sp³-hybridized carbons (Fsp3) is 0.562. The molecule has 4 nitrogen and oxygen atoms in total. The number of hydrogen-bond donors (Lipinski definition) is 1. The molecule has 108 valence electrons. The van der Waals surface area contributed by atoms with E-state index in [4.69, 9.17) is 9.47 Å². The number of fused-ring (bicyclic) bond motifs is 1. The molecule has 2 aliphatic rings. The van der Waals surface area contributed by atoms with E-state index < -0.39 is 11.4 Å². The molecule has 0 bridgehead atoms. The van der Waals surface area contributed by atoms with Crippen LogP contribution in [-0.4, -0.2) is 24.3 Å². The van der Waals surface area contributed by atoms with Crippen LogP contribution in [0.2, 0.25) is 0 Å². The fourth-order valence-corrected chi connectivity index (χ4v) is 3.54. The second kappa shape index (κ2) is 5.00. The molecule has 1 N–H and O–H groups in total. The van der Waals surface area contributed by atoms with Gasteiger partial charge in [0.05, 0.1) is 5.41 Å². The third kappa shape index (κ3) is 1.94. The molecule has 0 aromatic heterocycles. The largest absolute Gasteiger partial charge is 0.486 e. The fourth-order valence-electron chi connectivity index (χ4n) is 3.54. The van der Waals surface area contributed by atoms with Crippen LogP contribution in [-0.2, 0) is 10.2 Å². The van der Waals surface area contributed by atoms with Crippen molar-refractivity contribution in [2.45, 2.75) is 44.4 Å². The van der Waals surface area contributed by atoms with E-state index in [2.05, 4.69) is 0 Å². The lowest BCUT2D eigenvalue weighted by Crippen LogP contribution is -2.39. The molecule has 0 amide bonds. The van der Waals surface area contributed by atoms with Gasteiger partial charge in [-0.15, -0.1) is 0 Å². The van der Waals surface area contributed by atoms with E-state index in [1.54, 1.807) is 0 Å². The van der Waals surface area contributed by atoms with Crippen molar-refractivity contribution in [2.24, 2.45) is 0 Å². The Hall–Kier alpha value is -1.71. The second-order valence-corrected chi connectivity index (χ2v) is 5.73. The van der Waals surface area contributed by atoms with Crippen LogP contribution in [0.5, 0.6) is 11.5 Å². The van der Waals surface area contributed by atoms with Gasteiger partial charge in [-0.1, -0.05) is 25.3 Å². The van der Waals surface area contributed by atoms with E-state index in [1.807, 2.05) is 19.1 Å². The Balaban J connectivity index is 2.18. The average Bonchev–Trinajstić information content (AvgIpc) is 2.47. The van der Waals surface area contributed by atoms with E-state index in [1.165, 1.54) is 0 Å². The molecule has 1 aliphatic carbocycles. The van der Waals surface area contributed by atoms with E-state index in [9.17, 15) is 9.90 Å². The van der Waals surface area contributed by atoms with Crippen LogP contribution in [0.3, 0.4) is 0 Å². The summed E-state index contributed by atoms with van der Waals surface area (Å²) in [6, 6.07) is 3.83. The van der Waals surface area contributed by atoms with Crippen molar-refractivity contribution in [3.63, 3.8) is 0 Å². The normalized spacial score (nSPS) is 20.4. The van der Waals surface area contributed by atoms with Gasteiger partial charge in [-0.05, 0) is 31.4 Å². The van der Waals surface area contributed by atoms with Gasteiger partial charge in [0, 0.05) is 5.56 Å². The zero-order valence-electron chi connectivity index (χ0n) is 11.8. The summed E-state index contributed by atoms with van der Waals surface area (Å²) in [7, 11) is 0. The van der Waals surface area contributed by atoms with Crippen molar-refractivity contribution in [2.75, 3.05) is 13.2 Å². The van der Waals surface area contributed by atoms with Gasteiger partial charge in [-0.2, -0.15) is 0 Å². The number of carboxylic acids is 1. The van der Waals surface area contributed by atoms with Crippen molar-refractivity contribution in [3.05, 3.63) is 23.3 Å². The molecule has 20 heavy (non-hydrogen) atoms. The van der Waals surface area contributed by atoms with Crippen molar-refractivity contribution in [3.8, 4) is 11.5 Å². The first-order chi connectivity index (χ1) is 9.65. The summed E-state index contributed by atoms with van der Waals surface area (Å²) >= 11 is 0. The Bertz CT molecular complexity index is 530. The Kier molecular flexibility index (Phi) is 3.32. The summed E-state index contributed by atoms with van der Waals surface area (Å²) in [6.07, 6.45) is 4.39. The number of hydrogen-bond acceptors (Lipinski definition) is 3. The van der Waals surface area contributed by atoms with Gasteiger partial charge in [-0.25, -0.2) is 0 Å². The molecule has 0 saturated heterocycles. The van der Waals surface area contributed by atoms with Crippen molar-refractivity contribution < 1.29 is 19.4 Å². The minimum atomic E-state index is -0.811. The number of ether oxygens (including phenoxy) is 2. The van der Waals surface area contributed by atoms with Crippen LogP contribution in [0.1, 0.15) is 43.2 Å². The van der Waals surface area contributed by atoms with Gasteiger partial charge in [0.1, 0.15) is 13.2 Å². The monoisotopic (exact) mass is 276 g/mol. The maximum atomic E-state index is 12.0. The number of aryl methyl sites for hydroxylation is 1. The van der Waals surface area contributed by atoms with Crippen molar-refractivity contribution in [1.29, 1.82) is 0 Å². The smallest absolute Gasteiger partial charge is 0.314 e. The van der Waals surface area contributed by atoms with Crippen molar-refractivity contribution in [1.82, 2.24) is 0 Å². The van der Waals surface area contributed by atoms with Crippen LogP contribution >= 0.6 is 0 Å². The molecule has 3 rings (SSSR count). The number of benzene rings is 1. The van der Waals surface area contributed by atoms with Gasteiger partial charge >= 0.3 is 5.97 Å². The minimum absolute atomic E-state index is 0.485. The average molecular weight is 276 g/mol. The summed E-state index contributed by atoms with van der Waals surface area (Å²) in [5, 5.41) is 9.87. The SMILES string of the molecule is Cc1ccc2c(c1C1(C(=O)O)CCCCC1)OCCO2. The predicted octanol–water partition coefficient (Wildman–Crippen LogP) is 3.05. The van der Waals surface area contributed by atoms with Gasteiger partial charge < -0.3 is 14.6 Å². The number of carboxylic acid groups (broad SMARTS) is 1. The highest BCUT2D eigenvalue weighted by Crippen LogP contribution is 2.48. The standard InChI is InChI=1S/C16H20O4/c1-11-5-6-12-14(20-10-9-19-12)13(11)16(15(17)18)7-3-2-4-8-16/h5-6H,2-4,7-10H2,1H3,(H,17,18). The predicted molar refractivity (Wildman–Crippen MR) is 74.6 cm³/mol. The summed E-state index contributed by atoms with van der Waals surface area (Å²) in [5.74, 6) is 0.603. The molecule has 1 fully saturated rings. The summed E-state index contributed by atoms with van der Waals surface area (Å²) < 4.78 is 11.4. The van der Waals surface area contributed by atoms with E-state index in [0.717, 1.165) is 30.4 Å². The summed E-state index contributed by atoms with van der Waals surface area (Å²) in [4.78, 5) is 12.0. The Morgan fingerprint density at radius 3 is 2.55 bits per heavy atom. The number of rotatable bonds is 2. The molecule has 0 atom stereocenters. The van der Waals surface area contributed by atoms with Crippen LogP contribution in [0.25, 0.3) is 0 Å². The van der Waals surface area contributed by atoms with Gasteiger partial charge in [0.25, 0.3) is 0 Å². The molecule has 1 aromatic rings. The van der Waals surface area contributed by atoms with Crippen molar-refractivity contribution >= 4 is 5.97 Å². The molecule has 0 unspecified atom stereocenters. The van der Waals surface area contributed by atoms with E-state index in [-0.39, 0.29) is 0 Å². The molecule has 4 heteroatoms. The van der Waals surface area contributed by atoms with Crippen LogP contribution in [0, 0.1) is 6.92 Å². The Morgan fingerprint density at radius 1 is 1.15 bits per heavy atom. The molecular formula is C16H20O4.